The lowest BCUT2D eigenvalue weighted by molar-refractivity contribution is -0.136. The highest BCUT2D eigenvalue weighted by Crippen LogP contribution is 2.36. The zero-order valence-electron chi connectivity index (χ0n) is 42.0. The SMILES string of the molecule is CCOc1cc2oc(-c3ccc(NCCOCCOCCOCCOc4cccc5c4C(=O)N(C4CCC(=O)NC4=O)C5=O)cc3Cl)cc(=O)c2cc1CN1CCC=C(n2c(=O)[nH]c3cc(NS(=O)(=O)C4CC4)ccc32)C1. The molecule has 0 bridgehead atoms. The average Bonchev–Trinajstić information content (AvgIpc) is 4.25. The van der Waals surface area contributed by atoms with Crippen LogP contribution in [0.1, 0.15) is 65.3 Å². The largest absolute Gasteiger partial charge is 0.493 e. The van der Waals surface area contributed by atoms with Crippen molar-refractivity contribution in [3.8, 4) is 22.8 Å². The van der Waals surface area contributed by atoms with Gasteiger partial charge in [-0.3, -0.25) is 48.4 Å². The van der Waals surface area contributed by atoms with Crippen LogP contribution < -0.4 is 35.9 Å². The number of halogens is 1. The van der Waals surface area contributed by atoms with Crippen LogP contribution in [-0.4, -0.2) is 135 Å². The molecule has 21 nitrogen and oxygen atoms in total. The molecule has 1 aliphatic carbocycles. The fraction of sp³-hybridized carbons (Fsp3) is 0.370. The molecule has 0 radical (unpaired) electrons. The fourth-order valence-electron chi connectivity index (χ4n) is 9.63. The smallest absolute Gasteiger partial charge is 0.330 e. The number of H-pyrrole nitrogens is 1. The lowest BCUT2D eigenvalue weighted by Crippen LogP contribution is -2.54. The number of hydrogen-bond donors (Lipinski definition) is 4. The number of aromatic amines is 1. The molecule has 4 amide bonds. The van der Waals surface area contributed by atoms with Gasteiger partial charge in [0.15, 0.2) is 5.43 Å². The monoisotopic (exact) mass is 1090 g/mol. The molecule has 4 aliphatic rings. The van der Waals surface area contributed by atoms with Crippen molar-refractivity contribution in [2.75, 3.05) is 82.5 Å². The first-order valence-corrected chi connectivity index (χ1v) is 27.3. The van der Waals surface area contributed by atoms with E-state index in [-0.39, 0.29) is 65.9 Å². The third kappa shape index (κ3) is 11.8. The van der Waals surface area contributed by atoms with Crippen LogP contribution in [0.2, 0.25) is 5.02 Å². The van der Waals surface area contributed by atoms with Crippen LogP contribution in [0.25, 0.3) is 39.0 Å². The second kappa shape index (κ2) is 23.1. The zero-order valence-corrected chi connectivity index (χ0v) is 43.6. The van der Waals surface area contributed by atoms with Gasteiger partial charge in [0.25, 0.3) is 11.8 Å². The molecule has 4 N–H and O–H groups in total. The highest BCUT2D eigenvalue weighted by Gasteiger charge is 2.46. The summed E-state index contributed by atoms with van der Waals surface area (Å²) in [7, 11) is -3.46. The van der Waals surface area contributed by atoms with Crippen LogP contribution in [0.3, 0.4) is 0 Å². The van der Waals surface area contributed by atoms with E-state index in [0.717, 1.165) is 21.8 Å². The third-order valence-electron chi connectivity index (χ3n) is 13.5. The molecule has 77 heavy (non-hydrogen) atoms. The van der Waals surface area contributed by atoms with Crippen LogP contribution in [-0.2, 0) is 40.4 Å². The number of hydrogen-bond acceptors (Lipinski definition) is 16. The molecule has 2 aromatic heterocycles. The van der Waals surface area contributed by atoms with Gasteiger partial charge in [0, 0.05) is 67.2 Å². The van der Waals surface area contributed by atoms with Crippen LogP contribution >= 0.6 is 11.6 Å². The Hall–Kier alpha value is -7.34. The van der Waals surface area contributed by atoms with E-state index in [4.69, 9.17) is 39.7 Å². The number of nitrogens with zero attached hydrogens (tertiary/aromatic N) is 3. The van der Waals surface area contributed by atoms with Crippen molar-refractivity contribution in [1.29, 1.82) is 0 Å². The summed E-state index contributed by atoms with van der Waals surface area (Å²) in [6, 6.07) is 19.0. The number of ether oxygens (including phenoxy) is 5. The van der Waals surface area contributed by atoms with Gasteiger partial charge in [-0.2, -0.15) is 0 Å². The normalized spacial score (nSPS) is 17.0. The molecular formula is C54H56ClN7O14S. The minimum Gasteiger partial charge on any atom is -0.493 e. The zero-order chi connectivity index (χ0) is 53.8. The molecule has 1 saturated carbocycles. The third-order valence-corrected chi connectivity index (χ3v) is 15.7. The summed E-state index contributed by atoms with van der Waals surface area (Å²) in [6.07, 6.45) is 4.07. The van der Waals surface area contributed by atoms with Gasteiger partial charge in [-0.05, 0) is 87.2 Å². The Kier molecular flexibility index (Phi) is 15.9. The minimum absolute atomic E-state index is 0.0295. The number of nitrogens with one attached hydrogen (secondary N) is 4. The lowest BCUT2D eigenvalue weighted by atomic mass is 10.0. The first-order valence-electron chi connectivity index (χ1n) is 25.4. The van der Waals surface area contributed by atoms with E-state index in [2.05, 4.69) is 25.2 Å². The highest BCUT2D eigenvalue weighted by atomic mass is 35.5. The molecule has 4 aromatic carbocycles. The number of imide groups is 2. The Morgan fingerprint density at radius 1 is 0.792 bits per heavy atom. The van der Waals surface area contributed by atoms with Gasteiger partial charge in [0.2, 0.25) is 21.8 Å². The van der Waals surface area contributed by atoms with Gasteiger partial charge in [0.1, 0.15) is 35.5 Å². The molecule has 23 heteroatoms. The number of aromatic nitrogens is 2. The van der Waals surface area contributed by atoms with Gasteiger partial charge in [-0.15, -0.1) is 0 Å². The number of fused-ring (bicyclic) bond motifs is 3. The maximum absolute atomic E-state index is 13.7. The number of anilines is 2. The molecule has 6 aromatic rings. The second-order valence-electron chi connectivity index (χ2n) is 18.8. The Morgan fingerprint density at radius 2 is 1.56 bits per heavy atom. The molecule has 3 aliphatic heterocycles. The number of carbonyl (C=O) groups is 4. The number of amides is 4. The van der Waals surface area contributed by atoms with Crippen molar-refractivity contribution in [2.45, 2.75) is 56.9 Å². The topological polar surface area (TPSA) is 259 Å². The van der Waals surface area contributed by atoms with Crippen molar-refractivity contribution in [1.82, 2.24) is 24.7 Å². The first-order chi connectivity index (χ1) is 37.3. The number of piperidine rings is 1. The van der Waals surface area contributed by atoms with Crippen molar-refractivity contribution >= 4 is 84.3 Å². The standard InChI is InChI=1S/C54H56ClN7O14S/c1-2-74-46-29-48-39(25-32(46)30-60-17-4-5-35(31-60)61-42-13-9-34(27-41(42)57-54(61)68)59-77(69,70)36-10-11-36)44(63)28-47(76-48)37-12-8-33(26-40(37)55)56-16-18-71-19-20-72-21-22-73-23-24-75-45-7-3-6-38-50(45)53(67)62(52(38)66)43-14-15-49(64)58-51(43)65/h3,5-9,12-13,25-29,36,43,56,59H,2,4,10-11,14-24,30-31H2,1H3,(H,57,68)(H,58,64,65). The first kappa shape index (κ1) is 53.1. The summed E-state index contributed by atoms with van der Waals surface area (Å²) < 4.78 is 64.4. The van der Waals surface area contributed by atoms with Gasteiger partial charge in [-0.25, -0.2) is 13.2 Å². The van der Waals surface area contributed by atoms with Gasteiger partial charge < -0.3 is 38.4 Å². The summed E-state index contributed by atoms with van der Waals surface area (Å²) in [5.74, 6) is -1.32. The van der Waals surface area contributed by atoms with E-state index in [0.29, 0.717) is 128 Å². The molecule has 404 valence electrons. The molecule has 1 atom stereocenters. The molecule has 1 unspecified atom stereocenters. The predicted molar refractivity (Wildman–Crippen MR) is 286 cm³/mol. The number of benzene rings is 4. The Bertz CT molecular complexity index is 3550. The van der Waals surface area contributed by atoms with Crippen molar-refractivity contribution in [2.24, 2.45) is 0 Å². The fourth-order valence-corrected chi connectivity index (χ4v) is 11.3. The quantitative estimate of drug-likeness (QED) is 0.0416. The number of sulfonamides is 1. The lowest BCUT2D eigenvalue weighted by Gasteiger charge is -2.28. The van der Waals surface area contributed by atoms with Crippen LogP contribution in [0, 0.1) is 0 Å². The van der Waals surface area contributed by atoms with E-state index in [1.807, 2.05) is 19.1 Å². The molecule has 2 fully saturated rings. The summed E-state index contributed by atoms with van der Waals surface area (Å²) in [5, 5.41) is 5.84. The molecular weight excluding hydrogens is 1040 g/mol. The molecule has 0 spiro atoms. The Labute approximate surface area is 446 Å². The Balaban J connectivity index is 0.656. The number of imidazole rings is 1. The summed E-state index contributed by atoms with van der Waals surface area (Å²) >= 11 is 6.77. The summed E-state index contributed by atoms with van der Waals surface area (Å²) in [4.78, 5) is 83.3. The molecule has 1 saturated heterocycles. The van der Waals surface area contributed by atoms with E-state index < -0.39 is 39.7 Å². The highest BCUT2D eigenvalue weighted by molar-refractivity contribution is 7.93. The van der Waals surface area contributed by atoms with Crippen molar-refractivity contribution < 1.29 is 55.7 Å². The summed E-state index contributed by atoms with van der Waals surface area (Å²) in [5.41, 5.74) is 4.36. The summed E-state index contributed by atoms with van der Waals surface area (Å²) in [6.45, 7) is 6.26. The van der Waals surface area contributed by atoms with Crippen LogP contribution in [0.4, 0.5) is 11.4 Å². The maximum atomic E-state index is 13.7. The predicted octanol–water partition coefficient (Wildman–Crippen LogP) is 5.75. The maximum Gasteiger partial charge on any atom is 0.330 e. The van der Waals surface area contributed by atoms with E-state index in [1.165, 1.54) is 12.1 Å². The van der Waals surface area contributed by atoms with Gasteiger partial charge in [0.05, 0.1) is 89.8 Å². The average molecular weight is 1090 g/mol. The van der Waals surface area contributed by atoms with Crippen molar-refractivity contribution in [3.05, 3.63) is 121 Å². The molecule has 5 heterocycles. The Morgan fingerprint density at radius 3 is 2.31 bits per heavy atom. The number of carbonyl (C=O) groups excluding carboxylic acids is 4. The van der Waals surface area contributed by atoms with Gasteiger partial charge in [-0.1, -0.05) is 23.7 Å². The number of rotatable bonds is 24. The van der Waals surface area contributed by atoms with E-state index in [1.54, 1.807) is 59.2 Å². The van der Waals surface area contributed by atoms with Crippen molar-refractivity contribution in [3.63, 3.8) is 0 Å². The van der Waals surface area contributed by atoms with Gasteiger partial charge >= 0.3 is 5.69 Å². The molecule has 10 rings (SSSR count). The minimum atomic E-state index is -3.46. The van der Waals surface area contributed by atoms with Crippen LogP contribution in [0.15, 0.2) is 92.9 Å². The van der Waals surface area contributed by atoms with E-state index >= 15 is 0 Å². The van der Waals surface area contributed by atoms with E-state index in [9.17, 15) is 37.2 Å². The van der Waals surface area contributed by atoms with Crippen LogP contribution in [0.5, 0.6) is 11.5 Å². The second-order valence-corrected chi connectivity index (χ2v) is 21.2.